The van der Waals surface area contributed by atoms with Gasteiger partial charge in [0.2, 0.25) is 0 Å². The molecule has 1 aliphatic heterocycles. The molecule has 0 aromatic heterocycles. The third kappa shape index (κ3) is 2.69. The van der Waals surface area contributed by atoms with Gasteiger partial charge in [0.1, 0.15) is 5.82 Å². The Kier molecular flexibility index (Phi) is 3.95. The predicted octanol–water partition coefficient (Wildman–Crippen LogP) is 2.86. The molecule has 1 heterocycles. The predicted molar refractivity (Wildman–Crippen MR) is 86.4 cm³/mol. The molecule has 0 aliphatic carbocycles. The number of rotatable bonds is 4. The van der Waals surface area contributed by atoms with Crippen LogP contribution in [0.5, 0.6) is 0 Å². The van der Waals surface area contributed by atoms with Crippen LogP contribution in [0.2, 0.25) is 0 Å². The number of anilines is 1. The Labute approximate surface area is 137 Å². The van der Waals surface area contributed by atoms with Crippen LogP contribution >= 0.6 is 0 Å². The summed E-state index contributed by atoms with van der Waals surface area (Å²) in [5, 5.41) is 2.61. The molecule has 6 heteroatoms. The second-order valence-electron chi connectivity index (χ2n) is 5.23. The third-order valence-corrected chi connectivity index (χ3v) is 3.65. The van der Waals surface area contributed by atoms with Gasteiger partial charge in [-0.2, -0.15) is 0 Å². The second-order valence-corrected chi connectivity index (χ2v) is 5.23. The lowest BCUT2D eigenvalue weighted by Gasteiger charge is -2.09. The van der Waals surface area contributed by atoms with Gasteiger partial charge in [0, 0.05) is 17.8 Å². The Balaban J connectivity index is 1.86. The molecule has 120 valence electrons. The number of imide groups is 1. The van der Waals surface area contributed by atoms with Crippen molar-refractivity contribution in [1.29, 1.82) is 0 Å². The highest BCUT2D eigenvalue weighted by atomic mass is 19.1. The summed E-state index contributed by atoms with van der Waals surface area (Å²) in [6.07, 6.45) is 1.46. The summed E-state index contributed by atoms with van der Waals surface area (Å²) in [7, 11) is 0. The van der Waals surface area contributed by atoms with E-state index in [4.69, 9.17) is 0 Å². The van der Waals surface area contributed by atoms with Crippen LogP contribution in [0.15, 0.2) is 55.1 Å². The van der Waals surface area contributed by atoms with Gasteiger partial charge in [-0.3, -0.25) is 19.3 Å². The van der Waals surface area contributed by atoms with Crippen LogP contribution in [-0.2, 0) is 0 Å². The normalized spacial score (nSPS) is 13.0. The van der Waals surface area contributed by atoms with E-state index >= 15 is 0 Å². The van der Waals surface area contributed by atoms with Gasteiger partial charge in [-0.1, -0.05) is 6.08 Å². The van der Waals surface area contributed by atoms with Gasteiger partial charge in [0.25, 0.3) is 17.7 Å². The molecule has 1 N–H and O–H groups in total. The largest absolute Gasteiger partial charge is 0.322 e. The van der Waals surface area contributed by atoms with Crippen molar-refractivity contribution in [2.45, 2.75) is 0 Å². The fourth-order valence-corrected chi connectivity index (χ4v) is 2.46. The number of carbonyl (C=O) groups excluding carboxylic acids is 3. The maximum absolute atomic E-state index is 12.9. The van der Waals surface area contributed by atoms with Crippen LogP contribution in [-0.4, -0.2) is 29.2 Å². The van der Waals surface area contributed by atoms with E-state index in [1.54, 1.807) is 0 Å². The lowest BCUT2D eigenvalue weighted by Crippen LogP contribution is -2.29. The fourth-order valence-electron chi connectivity index (χ4n) is 2.46. The summed E-state index contributed by atoms with van der Waals surface area (Å²) >= 11 is 0. The van der Waals surface area contributed by atoms with Crippen molar-refractivity contribution >= 4 is 23.4 Å². The molecule has 0 atom stereocenters. The minimum Gasteiger partial charge on any atom is -0.322 e. The maximum atomic E-state index is 12.9. The number of benzene rings is 2. The monoisotopic (exact) mass is 324 g/mol. The highest BCUT2D eigenvalue weighted by Gasteiger charge is 2.35. The van der Waals surface area contributed by atoms with Crippen molar-refractivity contribution in [3.05, 3.63) is 77.6 Å². The first-order chi connectivity index (χ1) is 11.5. The van der Waals surface area contributed by atoms with Gasteiger partial charge in [-0.05, 0) is 42.5 Å². The van der Waals surface area contributed by atoms with Gasteiger partial charge in [0.15, 0.2) is 0 Å². The van der Waals surface area contributed by atoms with Crippen molar-refractivity contribution in [1.82, 2.24) is 4.90 Å². The highest BCUT2D eigenvalue weighted by Crippen LogP contribution is 2.24. The first-order valence-corrected chi connectivity index (χ1v) is 7.19. The SMILES string of the molecule is C=CCN1C(=O)c2ccc(C(=O)Nc3ccc(F)cc3)cc2C1=O. The zero-order valence-corrected chi connectivity index (χ0v) is 12.6. The van der Waals surface area contributed by atoms with Crippen LogP contribution in [0.4, 0.5) is 10.1 Å². The average Bonchev–Trinajstić information content (AvgIpc) is 2.82. The zero-order valence-electron chi connectivity index (χ0n) is 12.6. The topological polar surface area (TPSA) is 66.5 Å². The van der Waals surface area contributed by atoms with Gasteiger partial charge in [-0.25, -0.2) is 4.39 Å². The number of carbonyl (C=O) groups is 3. The first kappa shape index (κ1) is 15.6. The molecular formula is C18H13FN2O3. The Morgan fingerprint density at radius 1 is 1.08 bits per heavy atom. The fraction of sp³-hybridized carbons (Fsp3) is 0.0556. The number of hydrogen-bond acceptors (Lipinski definition) is 3. The Morgan fingerprint density at radius 2 is 1.75 bits per heavy atom. The van der Waals surface area contributed by atoms with Crippen molar-refractivity contribution in [2.75, 3.05) is 11.9 Å². The zero-order chi connectivity index (χ0) is 17.3. The third-order valence-electron chi connectivity index (χ3n) is 3.65. The van der Waals surface area contributed by atoms with Crippen LogP contribution in [0.25, 0.3) is 0 Å². The van der Waals surface area contributed by atoms with Gasteiger partial charge < -0.3 is 5.32 Å². The van der Waals surface area contributed by atoms with E-state index in [2.05, 4.69) is 11.9 Å². The number of nitrogens with zero attached hydrogens (tertiary/aromatic N) is 1. The smallest absolute Gasteiger partial charge is 0.261 e. The summed E-state index contributed by atoms with van der Waals surface area (Å²) in [6, 6.07) is 9.64. The summed E-state index contributed by atoms with van der Waals surface area (Å²) in [4.78, 5) is 37.7. The van der Waals surface area contributed by atoms with Crippen LogP contribution in [0.3, 0.4) is 0 Å². The minimum atomic E-state index is -0.452. The maximum Gasteiger partial charge on any atom is 0.261 e. The lowest BCUT2D eigenvalue weighted by molar-refractivity contribution is 0.0672. The number of amides is 3. The van der Waals surface area contributed by atoms with E-state index in [1.165, 1.54) is 48.5 Å². The standard InChI is InChI=1S/C18H13FN2O3/c1-2-9-21-17(23)14-8-3-11(10-15(14)18(21)24)16(22)20-13-6-4-12(19)5-7-13/h2-8,10H,1,9H2,(H,20,22). The van der Waals surface area contributed by atoms with Gasteiger partial charge >= 0.3 is 0 Å². The van der Waals surface area contributed by atoms with Crippen molar-refractivity contribution < 1.29 is 18.8 Å². The molecule has 0 saturated heterocycles. The molecule has 5 nitrogen and oxygen atoms in total. The molecule has 3 rings (SSSR count). The van der Waals surface area contributed by atoms with Crippen LogP contribution < -0.4 is 5.32 Å². The molecular weight excluding hydrogens is 311 g/mol. The van der Waals surface area contributed by atoms with E-state index in [1.807, 2.05) is 0 Å². The van der Waals surface area contributed by atoms with Crippen molar-refractivity contribution in [2.24, 2.45) is 0 Å². The lowest BCUT2D eigenvalue weighted by atomic mass is 10.1. The van der Waals surface area contributed by atoms with E-state index < -0.39 is 23.5 Å². The molecule has 0 saturated carbocycles. The Morgan fingerprint density at radius 3 is 2.42 bits per heavy atom. The number of nitrogens with one attached hydrogen (secondary N) is 1. The van der Waals surface area contributed by atoms with Crippen LogP contribution in [0, 0.1) is 5.82 Å². The molecule has 24 heavy (non-hydrogen) atoms. The molecule has 2 aromatic rings. The molecule has 0 spiro atoms. The van der Waals surface area contributed by atoms with Gasteiger partial charge in [-0.15, -0.1) is 6.58 Å². The number of hydrogen-bond donors (Lipinski definition) is 1. The van der Waals surface area contributed by atoms with Gasteiger partial charge in [0.05, 0.1) is 11.1 Å². The summed E-state index contributed by atoms with van der Waals surface area (Å²) < 4.78 is 12.9. The number of halogens is 1. The molecule has 2 aromatic carbocycles. The molecule has 0 fully saturated rings. The summed E-state index contributed by atoms with van der Waals surface area (Å²) in [5.41, 5.74) is 1.12. The van der Waals surface area contributed by atoms with E-state index in [-0.39, 0.29) is 23.2 Å². The second kappa shape index (κ2) is 6.08. The summed E-state index contributed by atoms with van der Waals surface area (Å²) in [6.45, 7) is 3.63. The Hall–Kier alpha value is -3.28. The molecule has 3 amide bonds. The molecule has 0 radical (unpaired) electrons. The quantitative estimate of drug-likeness (QED) is 0.695. The summed E-state index contributed by atoms with van der Waals surface area (Å²) in [5.74, 6) is -1.71. The van der Waals surface area contributed by atoms with Crippen molar-refractivity contribution in [3.63, 3.8) is 0 Å². The Bertz CT molecular complexity index is 859. The van der Waals surface area contributed by atoms with E-state index in [9.17, 15) is 18.8 Å². The minimum absolute atomic E-state index is 0.115. The van der Waals surface area contributed by atoms with Crippen molar-refractivity contribution in [3.8, 4) is 0 Å². The average molecular weight is 324 g/mol. The highest BCUT2D eigenvalue weighted by molar-refractivity contribution is 6.22. The number of fused-ring (bicyclic) bond motifs is 1. The van der Waals surface area contributed by atoms with Crippen LogP contribution in [0.1, 0.15) is 31.1 Å². The first-order valence-electron chi connectivity index (χ1n) is 7.19. The molecule has 0 bridgehead atoms. The molecule has 0 unspecified atom stereocenters. The molecule has 1 aliphatic rings. The van der Waals surface area contributed by atoms with E-state index in [0.717, 1.165) is 4.90 Å². The van der Waals surface area contributed by atoms with E-state index in [0.29, 0.717) is 5.69 Å².